The van der Waals surface area contributed by atoms with Gasteiger partial charge >= 0.3 is 6.18 Å². The summed E-state index contributed by atoms with van der Waals surface area (Å²) in [7, 11) is 5.53. The second-order valence-electron chi connectivity index (χ2n) is 5.11. The molecule has 1 aromatic rings. The molecule has 1 rings (SSSR count). The molecule has 0 aliphatic heterocycles. The molecule has 0 bridgehead atoms. The van der Waals surface area contributed by atoms with Crippen LogP contribution in [-0.4, -0.2) is 55.5 Å². The van der Waals surface area contributed by atoms with Gasteiger partial charge in [-0.3, -0.25) is 4.99 Å². The monoisotopic (exact) mass is 398 g/mol. The molecule has 23 heavy (non-hydrogen) atoms. The van der Waals surface area contributed by atoms with E-state index < -0.39 is 12.8 Å². The Kier molecular flexibility index (Phi) is 7.90. The van der Waals surface area contributed by atoms with Crippen LogP contribution in [0.25, 0.3) is 0 Å². The highest BCUT2D eigenvalue weighted by Crippen LogP contribution is 2.15. The fourth-order valence-corrected chi connectivity index (χ4v) is 2.56. The lowest BCUT2D eigenvalue weighted by molar-refractivity contribution is -0.173. The van der Waals surface area contributed by atoms with Crippen molar-refractivity contribution in [3.63, 3.8) is 0 Å². The molecule has 0 saturated carbocycles. The third-order valence-corrected chi connectivity index (χ3v) is 3.50. The summed E-state index contributed by atoms with van der Waals surface area (Å²) in [5.74, 6) is 0.679. The van der Waals surface area contributed by atoms with E-state index in [1.807, 2.05) is 35.8 Å². The van der Waals surface area contributed by atoms with E-state index in [4.69, 9.17) is 0 Å². The number of aryl methyl sites for hydroxylation is 1. The third kappa shape index (κ3) is 7.74. The van der Waals surface area contributed by atoms with Crippen LogP contribution in [0.15, 0.2) is 21.7 Å². The van der Waals surface area contributed by atoms with E-state index >= 15 is 0 Å². The maximum atomic E-state index is 11.9. The molecule has 132 valence electrons. The lowest BCUT2D eigenvalue weighted by Crippen LogP contribution is -2.39. The van der Waals surface area contributed by atoms with Gasteiger partial charge in [0.2, 0.25) is 0 Å². The van der Waals surface area contributed by atoms with Crippen LogP contribution in [-0.2, 0) is 18.3 Å². The number of aromatic nitrogens is 1. The maximum absolute atomic E-state index is 11.9. The molecule has 0 atom stereocenters. The van der Waals surface area contributed by atoms with E-state index in [9.17, 15) is 13.2 Å². The van der Waals surface area contributed by atoms with Crippen LogP contribution in [0.3, 0.4) is 0 Å². The van der Waals surface area contributed by atoms with Crippen LogP contribution >= 0.6 is 15.9 Å². The van der Waals surface area contributed by atoms with Crippen molar-refractivity contribution in [1.82, 2.24) is 14.8 Å². The zero-order chi connectivity index (χ0) is 17.5. The molecule has 0 unspecified atom stereocenters. The highest BCUT2D eigenvalue weighted by molar-refractivity contribution is 9.10. The van der Waals surface area contributed by atoms with Crippen molar-refractivity contribution in [2.24, 2.45) is 12.0 Å². The summed E-state index contributed by atoms with van der Waals surface area (Å²) in [4.78, 5) is 6.11. The van der Waals surface area contributed by atoms with Crippen molar-refractivity contribution in [3.8, 4) is 0 Å². The van der Waals surface area contributed by atoms with Crippen LogP contribution in [0.1, 0.15) is 12.1 Å². The summed E-state index contributed by atoms with van der Waals surface area (Å²) < 4.78 is 43.4. The molecule has 0 spiro atoms. The summed E-state index contributed by atoms with van der Waals surface area (Å²) >= 11 is 3.43. The van der Waals surface area contributed by atoms with Crippen molar-refractivity contribution in [3.05, 3.63) is 22.4 Å². The Balaban J connectivity index is 2.32. The molecule has 1 N–H and O–H groups in total. The van der Waals surface area contributed by atoms with Gasteiger partial charge < -0.3 is 19.5 Å². The Labute approximate surface area is 142 Å². The first kappa shape index (κ1) is 19.8. The fraction of sp³-hybridized carbons (Fsp3) is 0.643. The number of ether oxygens (including phenoxy) is 1. The van der Waals surface area contributed by atoms with Crippen molar-refractivity contribution in [1.29, 1.82) is 0 Å². The van der Waals surface area contributed by atoms with E-state index in [0.717, 1.165) is 10.2 Å². The molecule has 0 fully saturated rings. The Hall–Kier alpha value is -1.22. The number of rotatable bonds is 7. The summed E-state index contributed by atoms with van der Waals surface area (Å²) in [5.41, 5.74) is 1.11. The first-order valence-corrected chi connectivity index (χ1v) is 7.89. The molecular weight excluding hydrogens is 377 g/mol. The van der Waals surface area contributed by atoms with Gasteiger partial charge in [0.05, 0.1) is 6.54 Å². The van der Waals surface area contributed by atoms with Crippen molar-refractivity contribution >= 4 is 21.9 Å². The van der Waals surface area contributed by atoms with Crippen molar-refractivity contribution < 1.29 is 17.9 Å². The predicted molar refractivity (Wildman–Crippen MR) is 87.4 cm³/mol. The van der Waals surface area contributed by atoms with Gasteiger partial charge in [0.25, 0.3) is 0 Å². The molecule has 0 aromatic carbocycles. The molecule has 5 nitrogen and oxygen atoms in total. The van der Waals surface area contributed by atoms with Crippen LogP contribution in [0, 0.1) is 0 Å². The lowest BCUT2D eigenvalue weighted by Gasteiger charge is -2.22. The molecule has 1 aromatic heterocycles. The van der Waals surface area contributed by atoms with E-state index in [0.29, 0.717) is 25.5 Å². The predicted octanol–water partition coefficient (Wildman–Crippen LogP) is 2.76. The zero-order valence-corrected chi connectivity index (χ0v) is 15.0. The van der Waals surface area contributed by atoms with Gasteiger partial charge in [0.1, 0.15) is 6.61 Å². The van der Waals surface area contributed by atoms with E-state index in [1.54, 1.807) is 7.05 Å². The molecule has 0 radical (unpaired) electrons. The van der Waals surface area contributed by atoms with Gasteiger partial charge in [0, 0.05) is 50.7 Å². The Morgan fingerprint density at radius 2 is 2.17 bits per heavy atom. The summed E-state index contributed by atoms with van der Waals surface area (Å²) in [6, 6.07) is 2.02. The van der Waals surface area contributed by atoms with Gasteiger partial charge in [-0.1, -0.05) is 0 Å². The summed E-state index contributed by atoms with van der Waals surface area (Å²) in [6.45, 7) is 0.0000187. The minimum atomic E-state index is -4.27. The number of aliphatic imine (C=N–C) groups is 1. The number of halogens is 4. The largest absolute Gasteiger partial charge is 0.411 e. The molecule has 0 aliphatic carbocycles. The Morgan fingerprint density at radius 3 is 2.70 bits per heavy atom. The number of hydrogen-bond acceptors (Lipinski definition) is 2. The number of hydrogen-bond donors (Lipinski definition) is 1. The molecule has 0 saturated heterocycles. The standard InChI is InChI=1S/C14H22BrF3N4O/c1-19-13(20-5-4-6-23-10-14(16,17)18)22(3)9-12-7-11(15)8-21(12)2/h7-8H,4-6,9-10H2,1-3H3,(H,19,20). The Morgan fingerprint density at radius 1 is 1.48 bits per heavy atom. The lowest BCUT2D eigenvalue weighted by atomic mass is 10.4. The van der Waals surface area contributed by atoms with Gasteiger partial charge in [0.15, 0.2) is 5.96 Å². The first-order chi connectivity index (χ1) is 10.7. The molecule has 1 heterocycles. The fourth-order valence-electron chi connectivity index (χ4n) is 1.99. The smallest absolute Gasteiger partial charge is 0.372 e. The van der Waals surface area contributed by atoms with E-state index in [2.05, 4.69) is 31.0 Å². The van der Waals surface area contributed by atoms with Gasteiger partial charge in [-0.2, -0.15) is 13.2 Å². The number of nitrogens with one attached hydrogen (secondary N) is 1. The van der Waals surface area contributed by atoms with E-state index in [-0.39, 0.29) is 6.61 Å². The minimum Gasteiger partial charge on any atom is -0.372 e. The van der Waals surface area contributed by atoms with Gasteiger partial charge in [-0.25, -0.2) is 0 Å². The minimum absolute atomic E-state index is 0.0535. The van der Waals surface area contributed by atoms with Crippen LogP contribution in [0.2, 0.25) is 0 Å². The summed E-state index contributed by atoms with van der Waals surface area (Å²) in [6.07, 6.45) is -1.83. The van der Waals surface area contributed by atoms with Gasteiger partial charge in [-0.05, 0) is 28.4 Å². The van der Waals surface area contributed by atoms with Crippen LogP contribution in [0.4, 0.5) is 13.2 Å². The van der Waals surface area contributed by atoms with Crippen molar-refractivity contribution in [2.75, 3.05) is 33.9 Å². The van der Waals surface area contributed by atoms with E-state index in [1.165, 1.54) is 0 Å². The van der Waals surface area contributed by atoms with Crippen molar-refractivity contribution in [2.45, 2.75) is 19.1 Å². The SMILES string of the molecule is CN=C(NCCCOCC(F)(F)F)N(C)Cc1cc(Br)cn1C. The molecule has 9 heteroatoms. The maximum Gasteiger partial charge on any atom is 0.411 e. The molecule has 0 amide bonds. The zero-order valence-electron chi connectivity index (χ0n) is 13.5. The first-order valence-electron chi connectivity index (χ1n) is 7.10. The normalized spacial score (nSPS) is 12.6. The number of alkyl halides is 3. The van der Waals surface area contributed by atoms with Crippen LogP contribution in [0.5, 0.6) is 0 Å². The molecular formula is C14H22BrF3N4O. The number of nitrogens with zero attached hydrogens (tertiary/aromatic N) is 3. The topological polar surface area (TPSA) is 41.8 Å². The third-order valence-electron chi connectivity index (χ3n) is 3.06. The highest BCUT2D eigenvalue weighted by Gasteiger charge is 2.27. The average Bonchev–Trinajstić information content (AvgIpc) is 2.74. The quantitative estimate of drug-likeness (QED) is 0.436. The number of guanidine groups is 1. The second kappa shape index (κ2) is 9.17. The highest BCUT2D eigenvalue weighted by atomic mass is 79.9. The average molecular weight is 399 g/mol. The molecule has 0 aliphatic rings. The van der Waals surface area contributed by atoms with Gasteiger partial charge in [-0.15, -0.1) is 0 Å². The Bertz CT molecular complexity index is 517. The van der Waals surface area contributed by atoms with Crippen LogP contribution < -0.4 is 5.32 Å². The second-order valence-corrected chi connectivity index (χ2v) is 6.03. The summed E-state index contributed by atoms with van der Waals surface area (Å²) in [5, 5.41) is 3.11.